The van der Waals surface area contributed by atoms with E-state index in [9.17, 15) is 27.1 Å². The Morgan fingerprint density at radius 1 is 1.14 bits per heavy atom. The number of piperidine rings is 1. The van der Waals surface area contributed by atoms with Crippen molar-refractivity contribution in [3.63, 3.8) is 0 Å². The Bertz CT molecular complexity index is 1180. The number of halogens is 3. The minimum Gasteiger partial charge on any atom is -0.394 e. The number of likely N-dealkylation sites (tertiary alicyclic amines) is 1. The van der Waals surface area contributed by atoms with Gasteiger partial charge in [0.05, 0.1) is 29.0 Å². The van der Waals surface area contributed by atoms with Gasteiger partial charge in [0.25, 0.3) is 0 Å². The molecule has 36 heavy (non-hydrogen) atoms. The fraction of sp³-hybridized carbons (Fsp3) is 0.577. The number of sulfonamides is 1. The first-order chi connectivity index (χ1) is 17.2. The number of allylic oxidation sites excluding steroid dienone is 2. The molecule has 2 saturated heterocycles. The van der Waals surface area contributed by atoms with Gasteiger partial charge in [0, 0.05) is 24.0 Å². The molecule has 5 rings (SSSR count). The Morgan fingerprint density at radius 2 is 1.86 bits per heavy atom. The maximum absolute atomic E-state index is 14.4. The topological polar surface area (TPSA) is 77.9 Å². The van der Waals surface area contributed by atoms with Crippen LogP contribution in [0, 0.1) is 5.41 Å². The summed E-state index contributed by atoms with van der Waals surface area (Å²) in [6.07, 6.45) is 4.77. The molecule has 2 heterocycles. The third kappa shape index (κ3) is 4.52. The summed E-state index contributed by atoms with van der Waals surface area (Å²) in [5.41, 5.74) is -0.603. The van der Waals surface area contributed by atoms with Crippen LogP contribution in [-0.4, -0.2) is 66.1 Å². The highest BCUT2D eigenvalue weighted by Gasteiger charge is 2.62. The van der Waals surface area contributed by atoms with Crippen LogP contribution in [0.25, 0.3) is 0 Å². The molecule has 10 heteroatoms. The number of alkyl halides is 1. The lowest BCUT2D eigenvalue weighted by Gasteiger charge is -2.46. The molecule has 0 spiro atoms. The smallest absolute Gasteiger partial charge is 0.243 e. The highest BCUT2D eigenvalue weighted by molar-refractivity contribution is 7.89. The van der Waals surface area contributed by atoms with Gasteiger partial charge in [-0.1, -0.05) is 11.6 Å². The number of hydrogen-bond donors (Lipinski definition) is 1. The van der Waals surface area contributed by atoms with E-state index in [-0.39, 0.29) is 29.9 Å². The van der Waals surface area contributed by atoms with Crippen molar-refractivity contribution >= 4 is 27.5 Å². The number of amides is 1. The van der Waals surface area contributed by atoms with Gasteiger partial charge in [-0.3, -0.25) is 4.79 Å². The summed E-state index contributed by atoms with van der Waals surface area (Å²) in [5, 5.41) is 10.2. The highest BCUT2D eigenvalue weighted by Crippen LogP contribution is 2.57. The molecule has 196 valence electrons. The third-order valence-electron chi connectivity index (χ3n) is 8.13. The lowest BCUT2D eigenvalue weighted by Crippen LogP contribution is -2.58. The summed E-state index contributed by atoms with van der Waals surface area (Å²) in [4.78, 5) is 15.6. The molecule has 0 aromatic heterocycles. The number of hydrogen-bond acceptors (Lipinski definition) is 4. The quantitative estimate of drug-likeness (QED) is 0.575. The summed E-state index contributed by atoms with van der Waals surface area (Å²) in [6.45, 7) is 0.408. The van der Waals surface area contributed by atoms with E-state index >= 15 is 0 Å². The van der Waals surface area contributed by atoms with Crippen molar-refractivity contribution < 1.29 is 27.1 Å². The van der Waals surface area contributed by atoms with Crippen LogP contribution in [0.5, 0.6) is 0 Å². The standard InChI is InChI=1S/C26H31ClF2N2O4S/c27-18-6-8-22(9-7-18)36(34,35)31-23(17-13-19(28)15-20(29)14-17)4-1-5-24(31)26(10-11-26)25(33)30-12-2-3-21(30)16-32/h6-9,13-14,19,21,23-24,32H,1-5,10-12,15-16H2/t19?,21-,23-,24+/m0/s1. The van der Waals surface area contributed by atoms with Gasteiger partial charge in [-0.2, -0.15) is 4.31 Å². The highest BCUT2D eigenvalue weighted by atomic mass is 35.5. The van der Waals surface area contributed by atoms with Crippen LogP contribution in [0.3, 0.4) is 0 Å². The van der Waals surface area contributed by atoms with Crippen LogP contribution < -0.4 is 0 Å². The van der Waals surface area contributed by atoms with Gasteiger partial charge >= 0.3 is 0 Å². The van der Waals surface area contributed by atoms with Crippen LogP contribution in [-0.2, 0) is 14.8 Å². The minimum absolute atomic E-state index is 0.0270. The summed E-state index contributed by atoms with van der Waals surface area (Å²) in [5.74, 6) is -0.741. The molecule has 1 unspecified atom stereocenters. The molecule has 1 saturated carbocycles. The van der Waals surface area contributed by atoms with E-state index in [1.807, 2.05) is 0 Å². The Balaban J connectivity index is 1.58. The van der Waals surface area contributed by atoms with Crippen molar-refractivity contribution in [1.29, 1.82) is 0 Å². The zero-order chi connectivity index (χ0) is 25.7. The molecule has 1 aromatic carbocycles. The maximum atomic E-state index is 14.4. The van der Waals surface area contributed by atoms with Gasteiger partial charge < -0.3 is 10.0 Å². The first kappa shape index (κ1) is 25.8. The molecular formula is C26H31ClF2N2O4S. The van der Waals surface area contributed by atoms with Gasteiger partial charge in [-0.25, -0.2) is 17.2 Å². The second-order valence-corrected chi connectivity index (χ2v) is 12.6. The van der Waals surface area contributed by atoms with E-state index in [1.165, 1.54) is 40.7 Å². The SMILES string of the molecule is O=C(N1CCC[C@H]1CO)C1([C@H]2CCC[C@@H](C3=CC(F)CC(F)=C3)N2S(=O)(=O)c2ccc(Cl)cc2)CC1. The Morgan fingerprint density at radius 3 is 2.50 bits per heavy atom. The zero-order valence-corrected chi connectivity index (χ0v) is 21.5. The van der Waals surface area contributed by atoms with Crippen LogP contribution in [0.15, 0.2) is 52.7 Å². The molecule has 0 radical (unpaired) electrons. The molecule has 4 aliphatic rings. The van der Waals surface area contributed by atoms with Crippen molar-refractivity contribution in [1.82, 2.24) is 9.21 Å². The number of aliphatic hydroxyl groups is 1. The number of benzene rings is 1. The largest absolute Gasteiger partial charge is 0.394 e. The number of rotatable bonds is 6. The molecule has 1 aromatic rings. The molecule has 6 nitrogen and oxygen atoms in total. The van der Waals surface area contributed by atoms with E-state index in [1.54, 1.807) is 4.90 Å². The van der Waals surface area contributed by atoms with Gasteiger partial charge in [-0.05, 0) is 86.9 Å². The number of carbonyl (C=O) groups is 1. The van der Waals surface area contributed by atoms with Gasteiger partial charge in [0.2, 0.25) is 15.9 Å². The molecule has 1 N–H and O–H groups in total. The maximum Gasteiger partial charge on any atom is 0.243 e. The molecule has 3 fully saturated rings. The lowest BCUT2D eigenvalue weighted by atomic mass is 9.83. The summed E-state index contributed by atoms with van der Waals surface area (Å²) >= 11 is 6.00. The zero-order valence-electron chi connectivity index (χ0n) is 20.0. The Labute approximate surface area is 215 Å². The van der Waals surface area contributed by atoms with Crippen molar-refractivity contribution in [2.75, 3.05) is 13.2 Å². The Kier molecular flexibility index (Phi) is 7.04. The first-order valence-electron chi connectivity index (χ1n) is 12.6. The van der Waals surface area contributed by atoms with E-state index in [4.69, 9.17) is 11.6 Å². The van der Waals surface area contributed by atoms with Gasteiger partial charge in [0.1, 0.15) is 12.0 Å². The Hall–Kier alpha value is -1.81. The first-order valence-corrected chi connectivity index (χ1v) is 14.4. The monoisotopic (exact) mass is 540 g/mol. The van der Waals surface area contributed by atoms with E-state index in [2.05, 4.69) is 0 Å². The minimum atomic E-state index is -4.14. The van der Waals surface area contributed by atoms with E-state index in [0.29, 0.717) is 55.7 Å². The summed E-state index contributed by atoms with van der Waals surface area (Å²) in [6, 6.07) is 4.14. The van der Waals surface area contributed by atoms with Crippen LogP contribution in [0.4, 0.5) is 8.78 Å². The van der Waals surface area contributed by atoms with E-state index < -0.39 is 39.5 Å². The van der Waals surface area contributed by atoms with Crippen molar-refractivity contribution in [2.45, 2.75) is 80.6 Å². The number of carbonyl (C=O) groups excluding carboxylic acids is 1. The third-order valence-corrected chi connectivity index (χ3v) is 10.3. The van der Waals surface area contributed by atoms with Crippen LogP contribution in [0.2, 0.25) is 5.02 Å². The summed E-state index contributed by atoms with van der Waals surface area (Å²) < 4.78 is 58.3. The predicted molar refractivity (Wildman–Crippen MR) is 132 cm³/mol. The molecule has 2 aliphatic heterocycles. The van der Waals surface area contributed by atoms with Gasteiger partial charge in [0.15, 0.2) is 0 Å². The number of aliphatic hydroxyl groups excluding tert-OH is 1. The molecule has 0 bridgehead atoms. The van der Waals surface area contributed by atoms with Crippen molar-refractivity contribution in [3.8, 4) is 0 Å². The fourth-order valence-electron chi connectivity index (χ4n) is 6.23. The van der Waals surface area contributed by atoms with Gasteiger partial charge in [-0.15, -0.1) is 0 Å². The average Bonchev–Trinajstić information content (AvgIpc) is 3.52. The van der Waals surface area contributed by atoms with Crippen LogP contribution >= 0.6 is 11.6 Å². The second-order valence-electron chi connectivity index (χ2n) is 10.4. The summed E-state index contributed by atoms with van der Waals surface area (Å²) in [7, 11) is -4.14. The lowest BCUT2D eigenvalue weighted by molar-refractivity contribution is -0.141. The van der Waals surface area contributed by atoms with Crippen molar-refractivity contribution in [2.24, 2.45) is 5.41 Å². The van der Waals surface area contributed by atoms with Crippen molar-refractivity contribution in [3.05, 3.63) is 52.8 Å². The molecule has 2 aliphatic carbocycles. The molecular weight excluding hydrogens is 510 g/mol. The van der Waals surface area contributed by atoms with Crippen LogP contribution in [0.1, 0.15) is 51.4 Å². The average molecular weight is 541 g/mol. The number of nitrogens with zero attached hydrogens (tertiary/aromatic N) is 2. The van der Waals surface area contributed by atoms with E-state index in [0.717, 1.165) is 6.42 Å². The molecule has 4 atom stereocenters. The predicted octanol–water partition coefficient (Wildman–Crippen LogP) is 4.54. The fourth-order valence-corrected chi connectivity index (χ4v) is 8.28. The normalized spacial score (nSPS) is 30.6. The second kappa shape index (κ2) is 9.82. The molecule has 1 amide bonds.